The lowest BCUT2D eigenvalue weighted by molar-refractivity contribution is -1.03. The zero-order valence-corrected chi connectivity index (χ0v) is 9.29. The molecule has 2 aliphatic heterocycles. The third-order valence-electron chi connectivity index (χ3n) is 3.91. The molecular weight excluding hydrogens is 162 g/mol. The summed E-state index contributed by atoms with van der Waals surface area (Å²) in [5, 5.41) is 0. The molecule has 2 saturated heterocycles. The fraction of sp³-hybridized carbons (Fsp3) is 1.00. The van der Waals surface area contributed by atoms with Gasteiger partial charge in [-0.2, -0.15) is 0 Å². The van der Waals surface area contributed by atoms with Gasteiger partial charge in [-0.3, -0.25) is 13.9 Å². The maximum Gasteiger partial charge on any atom is 0.207 e. The zero-order chi connectivity index (χ0) is 9.53. The average molecular weight is 185 g/mol. The quantitative estimate of drug-likeness (QED) is 0.472. The van der Waals surface area contributed by atoms with Crippen molar-refractivity contribution in [2.75, 3.05) is 67.1 Å². The summed E-state index contributed by atoms with van der Waals surface area (Å²) >= 11 is 0. The Kier molecular flexibility index (Phi) is 2.13. The highest BCUT2D eigenvalue weighted by Crippen LogP contribution is 2.21. The lowest BCUT2D eigenvalue weighted by atomic mass is 10.3. The molecule has 0 radical (unpaired) electrons. The molecule has 0 saturated carbocycles. The Balaban J connectivity index is 2.12. The summed E-state index contributed by atoms with van der Waals surface area (Å²) in [5.41, 5.74) is 0. The van der Waals surface area contributed by atoms with E-state index < -0.39 is 0 Å². The van der Waals surface area contributed by atoms with E-state index in [-0.39, 0.29) is 0 Å². The van der Waals surface area contributed by atoms with E-state index in [9.17, 15) is 0 Å². The molecule has 0 aliphatic carbocycles. The van der Waals surface area contributed by atoms with Crippen LogP contribution in [0.3, 0.4) is 0 Å². The summed E-state index contributed by atoms with van der Waals surface area (Å²) in [6, 6.07) is 0. The summed E-state index contributed by atoms with van der Waals surface area (Å²) in [6.45, 7) is 9.34. The molecule has 3 heteroatoms. The van der Waals surface area contributed by atoms with Crippen molar-refractivity contribution >= 4 is 0 Å². The normalized spacial score (nSPS) is 47.3. The van der Waals surface area contributed by atoms with Crippen molar-refractivity contribution in [3.8, 4) is 0 Å². The van der Waals surface area contributed by atoms with Crippen LogP contribution in [0.15, 0.2) is 0 Å². The van der Waals surface area contributed by atoms with Crippen LogP contribution in [0.4, 0.5) is 0 Å². The molecular formula is C10H23N3+2. The summed E-state index contributed by atoms with van der Waals surface area (Å²) in [5.74, 6) is 0. The maximum absolute atomic E-state index is 2.48. The molecule has 2 heterocycles. The molecule has 2 bridgehead atoms. The van der Waals surface area contributed by atoms with Gasteiger partial charge >= 0.3 is 0 Å². The second kappa shape index (κ2) is 2.94. The number of likely N-dealkylation sites (N-methyl/N-ethyl adjacent to an activating group) is 3. The number of nitrogens with zero attached hydrogens (tertiary/aromatic N) is 3. The molecule has 2 atom stereocenters. The van der Waals surface area contributed by atoms with Crippen molar-refractivity contribution in [2.45, 2.75) is 0 Å². The fourth-order valence-corrected chi connectivity index (χ4v) is 2.75. The highest BCUT2D eigenvalue weighted by molar-refractivity contribution is 4.58. The van der Waals surface area contributed by atoms with Gasteiger partial charge in [-0.05, 0) is 7.05 Å². The Hall–Kier alpha value is -0.120. The molecule has 2 fully saturated rings. The fourth-order valence-electron chi connectivity index (χ4n) is 2.75. The SMILES string of the molecule is CN1CC[N+]2(C)CC[N+](C)(CC1)C2. The molecule has 13 heavy (non-hydrogen) atoms. The van der Waals surface area contributed by atoms with E-state index in [4.69, 9.17) is 0 Å². The third kappa shape index (κ3) is 1.87. The maximum atomic E-state index is 2.48. The Morgan fingerprint density at radius 2 is 1.31 bits per heavy atom. The molecule has 0 spiro atoms. The van der Waals surface area contributed by atoms with Gasteiger partial charge in [0.2, 0.25) is 6.67 Å². The number of hydrogen-bond donors (Lipinski definition) is 0. The van der Waals surface area contributed by atoms with Crippen LogP contribution >= 0.6 is 0 Å². The third-order valence-corrected chi connectivity index (χ3v) is 3.91. The first kappa shape index (κ1) is 9.44. The first-order valence-electron chi connectivity index (χ1n) is 5.37. The molecule has 2 rings (SSSR count). The van der Waals surface area contributed by atoms with Crippen molar-refractivity contribution < 1.29 is 8.97 Å². The van der Waals surface area contributed by atoms with Crippen LogP contribution in [-0.4, -0.2) is 80.9 Å². The smallest absolute Gasteiger partial charge is 0.207 e. The predicted octanol–water partition coefficient (Wildman–Crippen LogP) is -0.204. The lowest BCUT2D eigenvalue weighted by Crippen LogP contribution is -2.56. The van der Waals surface area contributed by atoms with Crippen molar-refractivity contribution in [1.29, 1.82) is 0 Å². The van der Waals surface area contributed by atoms with Gasteiger partial charge in [-0.25, -0.2) is 0 Å². The van der Waals surface area contributed by atoms with Gasteiger partial charge in [0, 0.05) is 13.1 Å². The minimum absolute atomic E-state index is 1.27. The molecule has 3 nitrogen and oxygen atoms in total. The van der Waals surface area contributed by atoms with E-state index in [0.29, 0.717) is 0 Å². The Morgan fingerprint density at radius 3 is 1.77 bits per heavy atom. The number of hydrogen-bond acceptors (Lipinski definition) is 1. The van der Waals surface area contributed by atoms with Crippen molar-refractivity contribution in [3.63, 3.8) is 0 Å². The molecule has 76 valence electrons. The minimum atomic E-state index is 1.27. The van der Waals surface area contributed by atoms with Gasteiger partial charge in [0.1, 0.15) is 13.1 Å². The minimum Gasteiger partial charge on any atom is -0.295 e. The highest BCUT2D eigenvalue weighted by Gasteiger charge is 2.43. The molecule has 0 N–H and O–H groups in total. The average Bonchev–Trinajstić information content (AvgIpc) is 2.38. The van der Waals surface area contributed by atoms with E-state index in [2.05, 4.69) is 26.0 Å². The van der Waals surface area contributed by atoms with Crippen molar-refractivity contribution in [2.24, 2.45) is 0 Å². The second-order valence-corrected chi connectivity index (χ2v) is 5.58. The van der Waals surface area contributed by atoms with Crippen LogP contribution < -0.4 is 0 Å². The molecule has 0 amide bonds. The van der Waals surface area contributed by atoms with Crippen LogP contribution in [-0.2, 0) is 0 Å². The summed E-state index contributed by atoms with van der Waals surface area (Å²) in [6.07, 6.45) is 0. The molecule has 2 unspecified atom stereocenters. The number of quaternary nitrogens is 2. The summed E-state index contributed by atoms with van der Waals surface area (Å²) < 4.78 is 2.58. The second-order valence-electron chi connectivity index (χ2n) is 5.58. The van der Waals surface area contributed by atoms with E-state index >= 15 is 0 Å². The van der Waals surface area contributed by atoms with Crippen LogP contribution in [0.5, 0.6) is 0 Å². The first-order valence-corrected chi connectivity index (χ1v) is 5.37. The number of rotatable bonds is 0. The van der Waals surface area contributed by atoms with E-state index in [1.807, 2.05) is 0 Å². The van der Waals surface area contributed by atoms with Gasteiger partial charge in [0.15, 0.2) is 0 Å². The Labute approximate surface area is 81.7 Å². The van der Waals surface area contributed by atoms with Crippen molar-refractivity contribution in [1.82, 2.24) is 4.90 Å². The standard InChI is InChI=1S/C10H23N3/c1-11-4-6-12(2)8-9-13(3,10-12)7-5-11/h4-10H2,1-3H3/q+2. The lowest BCUT2D eigenvalue weighted by Gasteiger charge is -2.36. The van der Waals surface area contributed by atoms with E-state index in [1.54, 1.807) is 0 Å². The van der Waals surface area contributed by atoms with E-state index in [0.717, 1.165) is 0 Å². The number of fused-ring (bicyclic) bond motifs is 2. The first-order chi connectivity index (χ1) is 6.02. The van der Waals surface area contributed by atoms with Crippen LogP contribution in [0.2, 0.25) is 0 Å². The Morgan fingerprint density at radius 1 is 0.846 bits per heavy atom. The summed E-state index contributed by atoms with van der Waals surface area (Å²) in [4.78, 5) is 2.48. The predicted molar refractivity (Wildman–Crippen MR) is 54.2 cm³/mol. The van der Waals surface area contributed by atoms with Gasteiger partial charge in [0.25, 0.3) is 0 Å². The highest BCUT2D eigenvalue weighted by atomic mass is 15.6. The van der Waals surface area contributed by atoms with Gasteiger partial charge in [-0.15, -0.1) is 0 Å². The van der Waals surface area contributed by atoms with Crippen LogP contribution in [0, 0.1) is 0 Å². The molecule has 0 aromatic carbocycles. The van der Waals surface area contributed by atoms with Crippen molar-refractivity contribution in [3.05, 3.63) is 0 Å². The van der Waals surface area contributed by atoms with Gasteiger partial charge in [-0.1, -0.05) is 0 Å². The molecule has 2 aliphatic rings. The Bertz CT molecular complexity index is 186. The van der Waals surface area contributed by atoms with E-state index in [1.165, 1.54) is 54.9 Å². The largest absolute Gasteiger partial charge is 0.295 e. The monoisotopic (exact) mass is 185 g/mol. The van der Waals surface area contributed by atoms with Crippen LogP contribution in [0.25, 0.3) is 0 Å². The summed E-state index contributed by atoms with van der Waals surface area (Å²) in [7, 11) is 7.09. The van der Waals surface area contributed by atoms with Gasteiger partial charge in [0.05, 0.1) is 27.2 Å². The zero-order valence-electron chi connectivity index (χ0n) is 9.29. The molecule has 0 aromatic heterocycles. The topological polar surface area (TPSA) is 3.24 Å². The molecule has 0 aromatic rings. The van der Waals surface area contributed by atoms with Crippen LogP contribution in [0.1, 0.15) is 0 Å². The van der Waals surface area contributed by atoms with Gasteiger partial charge < -0.3 is 0 Å².